The molecule has 5 nitrogen and oxygen atoms in total. The summed E-state index contributed by atoms with van der Waals surface area (Å²) in [7, 11) is 0. The van der Waals surface area contributed by atoms with E-state index < -0.39 is 0 Å². The van der Waals surface area contributed by atoms with Gasteiger partial charge in [0.05, 0.1) is 21.5 Å². The van der Waals surface area contributed by atoms with Crippen molar-refractivity contribution in [2.24, 2.45) is 11.7 Å². The predicted molar refractivity (Wildman–Crippen MR) is 93.8 cm³/mol. The van der Waals surface area contributed by atoms with Gasteiger partial charge in [-0.05, 0) is 72.8 Å². The molecular weight excluding hydrogens is 356 g/mol. The fraction of sp³-hybridized carbons (Fsp3) is 0.412. The van der Waals surface area contributed by atoms with Gasteiger partial charge in [0, 0.05) is 18.2 Å². The monoisotopic (exact) mass is 376 g/mol. The van der Waals surface area contributed by atoms with Crippen LogP contribution in [0.15, 0.2) is 28.7 Å². The van der Waals surface area contributed by atoms with Gasteiger partial charge in [0.15, 0.2) is 0 Å². The predicted octanol–water partition coefficient (Wildman–Crippen LogP) is 2.72. The first-order valence-electron chi connectivity index (χ1n) is 7.83. The van der Waals surface area contributed by atoms with Crippen molar-refractivity contribution in [1.29, 1.82) is 0 Å². The van der Waals surface area contributed by atoms with Crippen LogP contribution in [0, 0.1) is 19.8 Å². The molecule has 1 heterocycles. The van der Waals surface area contributed by atoms with Crippen molar-refractivity contribution in [3.8, 4) is 5.69 Å². The standard InChI is InChI=1S/C17H21BrN4O/c1-10-16(18)11(2)22(21-10)14-7-5-13(6-8-14)17(23)20-9-15(19)12-3-4-12/h5-8,12,15H,3-4,9,19H2,1-2H3,(H,20,23). The lowest BCUT2D eigenvalue weighted by molar-refractivity contribution is 0.0950. The molecule has 3 rings (SSSR count). The summed E-state index contributed by atoms with van der Waals surface area (Å²) in [5.74, 6) is 0.504. The Morgan fingerprint density at radius 3 is 2.57 bits per heavy atom. The van der Waals surface area contributed by atoms with Crippen molar-refractivity contribution in [3.63, 3.8) is 0 Å². The van der Waals surface area contributed by atoms with Gasteiger partial charge in [-0.2, -0.15) is 5.10 Å². The van der Waals surface area contributed by atoms with E-state index in [1.165, 1.54) is 12.8 Å². The third-order valence-corrected chi connectivity index (χ3v) is 5.45. The molecule has 1 unspecified atom stereocenters. The van der Waals surface area contributed by atoms with E-state index in [0.29, 0.717) is 18.0 Å². The lowest BCUT2D eigenvalue weighted by atomic mass is 10.1. The summed E-state index contributed by atoms with van der Waals surface area (Å²) >= 11 is 3.53. The van der Waals surface area contributed by atoms with Gasteiger partial charge in [0.2, 0.25) is 0 Å². The number of hydrogen-bond donors (Lipinski definition) is 2. The van der Waals surface area contributed by atoms with Crippen LogP contribution < -0.4 is 11.1 Å². The van der Waals surface area contributed by atoms with E-state index in [0.717, 1.165) is 21.5 Å². The van der Waals surface area contributed by atoms with E-state index in [1.54, 1.807) is 0 Å². The second-order valence-electron chi connectivity index (χ2n) is 6.15. The van der Waals surface area contributed by atoms with Gasteiger partial charge in [-0.15, -0.1) is 0 Å². The van der Waals surface area contributed by atoms with Gasteiger partial charge in [-0.25, -0.2) is 4.68 Å². The van der Waals surface area contributed by atoms with Crippen LogP contribution in [-0.2, 0) is 0 Å². The van der Waals surface area contributed by atoms with Gasteiger partial charge >= 0.3 is 0 Å². The molecule has 1 atom stereocenters. The Labute approximate surface area is 144 Å². The Balaban J connectivity index is 1.68. The van der Waals surface area contributed by atoms with Crippen molar-refractivity contribution in [3.05, 3.63) is 45.7 Å². The van der Waals surface area contributed by atoms with E-state index in [9.17, 15) is 4.79 Å². The lowest BCUT2D eigenvalue weighted by Crippen LogP contribution is -2.38. The fourth-order valence-corrected chi connectivity index (χ4v) is 2.88. The maximum Gasteiger partial charge on any atom is 0.251 e. The maximum atomic E-state index is 12.2. The molecule has 0 radical (unpaired) electrons. The molecule has 0 saturated heterocycles. The number of rotatable bonds is 5. The molecule has 6 heteroatoms. The molecule has 1 amide bonds. The molecule has 1 fully saturated rings. The summed E-state index contributed by atoms with van der Waals surface area (Å²) in [6, 6.07) is 7.52. The van der Waals surface area contributed by atoms with Crippen LogP contribution in [0.25, 0.3) is 5.69 Å². The third kappa shape index (κ3) is 3.48. The number of nitrogens with two attached hydrogens (primary N) is 1. The van der Waals surface area contributed by atoms with Crippen LogP contribution in [0.1, 0.15) is 34.6 Å². The van der Waals surface area contributed by atoms with Gasteiger partial charge in [-0.3, -0.25) is 4.79 Å². The molecule has 1 aliphatic rings. The molecule has 23 heavy (non-hydrogen) atoms. The Morgan fingerprint density at radius 2 is 2.04 bits per heavy atom. The van der Waals surface area contributed by atoms with Crippen molar-refractivity contribution in [2.45, 2.75) is 32.7 Å². The average Bonchev–Trinajstić information content (AvgIpc) is 3.37. The first-order chi connectivity index (χ1) is 11.0. The minimum Gasteiger partial charge on any atom is -0.350 e. The number of nitrogens with zero attached hydrogens (tertiary/aromatic N) is 2. The maximum absolute atomic E-state index is 12.2. The Hall–Kier alpha value is -1.66. The third-order valence-electron chi connectivity index (χ3n) is 4.30. The van der Waals surface area contributed by atoms with E-state index in [4.69, 9.17) is 5.73 Å². The van der Waals surface area contributed by atoms with E-state index in [1.807, 2.05) is 42.8 Å². The molecule has 1 aliphatic carbocycles. The van der Waals surface area contributed by atoms with Crippen LogP contribution in [-0.4, -0.2) is 28.3 Å². The Morgan fingerprint density at radius 1 is 1.39 bits per heavy atom. The largest absolute Gasteiger partial charge is 0.350 e. The van der Waals surface area contributed by atoms with Crippen LogP contribution in [0.3, 0.4) is 0 Å². The lowest BCUT2D eigenvalue weighted by Gasteiger charge is -2.12. The number of carbonyl (C=O) groups is 1. The number of amides is 1. The van der Waals surface area contributed by atoms with Crippen molar-refractivity contribution >= 4 is 21.8 Å². The summed E-state index contributed by atoms with van der Waals surface area (Å²) in [6.07, 6.45) is 2.37. The van der Waals surface area contributed by atoms with Crippen molar-refractivity contribution in [2.75, 3.05) is 6.54 Å². The molecule has 1 saturated carbocycles. The van der Waals surface area contributed by atoms with Crippen LogP contribution >= 0.6 is 15.9 Å². The van der Waals surface area contributed by atoms with E-state index >= 15 is 0 Å². The highest BCUT2D eigenvalue weighted by molar-refractivity contribution is 9.10. The number of aryl methyl sites for hydroxylation is 1. The molecular formula is C17H21BrN4O. The molecule has 1 aromatic carbocycles. The van der Waals surface area contributed by atoms with Crippen molar-refractivity contribution in [1.82, 2.24) is 15.1 Å². The highest BCUT2D eigenvalue weighted by Gasteiger charge is 2.28. The number of aromatic nitrogens is 2. The molecule has 3 N–H and O–H groups in total. The minimum absolute atomic E-state index is 0.0743. The smallest absolute Gasteiger partial charge is 0.251 e. The zero-order valence-corrected chi connectivity index (χ0v) is 14.9. The summed E-state index contributed by atoms with van der Waals surface area (Å²) in [5, 5.41) is 7.40. The van der Waals surface area contributed by atoms with E-state index in [2.05, 4.69) is 26.3 Å². The number of halogens is 1. The number of nitrogens with one attached hydrogen (secondary N) is 1. The number of hydrogen-bond acceptors (Lipinski definition) is 3. The van der Waals surface area contributed by atoms with Gasteiger partial charge < -0.3 is 11.1 Å². The van der Waals surface area contributed by atoms with Gasteiger partial charge in [-0.1, -0.05) is 0 Å². The molecule has 0 spiro atoms. The highest BCUT2D eigenvalue weighted by Crippen LogP contribution is 2.31. The topological polar surface area (TPSA) is 72.9 Å². The van der Waals surface area contributed by atoms with Crippen LogP contribution in [0.5, 0.6) is 0 Å². The summed E-state index contributed by atoms with van der Waals surface area (Å²) in [4.78, 5) is 12.2. The van der Waals surface area contributed by atoms with Gasteiger partial charge in [0.1, 0.15) is 0 Å². The molecule has 2 aromatic rings. The fourth-order valence-electron chi connectivity index (χ4n) is 2.63. The molecule has 0 bridgehead atoms. The number of benzene rings is 1. The highest BCUT2D eigenvalue weighted by atomic mass is 79.9. The quantitative estimate of drug-likeness (QED) is 0.842. The summed E-state index contributed by atoms with van der Waals surface area (Å²) < 4.78 is 2.87. The Kier molecular flexibility index (Phi) is 4.55. The summed E-state index contributed by atoms with van der Waals surface area (Å²) in [6.45, 7) is 4.50. The van der Waals surface area contributed by atoms with Gasteiger partial charge in [0.25, 0.3) is 5.91 Å². The zero-order chi connectivity index (χ0) is 16.6. The first kappa shape index (κ1) is 16.2. The summed E-state index contributed by atoms with van der Waals surface area (Å²) in [5.41, 5.74) is 9.56. The molecule has 1 aromatic heterocycles. The van der Waals surface area contributed by atoms with Crippen LogP contribution in [0.4, 0.5) is 0 Å². The number of carbonyl (C=O) groups excluding carboxylic acids is 1. The SMILES string of the molecule is Cc1nn(-c2ccc(C(=O)NCC(N)C3CC3)cc2)c(C)c1Br. The second-order valence-corrected chi connectivity index (χ2v) is 6.95. The van der Waals surface area contributed by atoms with Crippen LogP contribution in [0.2, 0.25) is 0 Å². The first-order valence-corrected chi connectivity index (χ1v) is 8.62. The molecule has 122 valence electrons. The second kappa shape index (κ2) is 6.45. The zero-order valence-electron chi connectivity index (χ0n) is 13.3. The van der Waals surface area contributed by atoms with E-state index in [-0.39, 0.29) is 11.9 Å². The minimum atomic E-state index is -0.0813. The normalized spacial score (nSPS) is 15.5. The Bertz CT molecular complexity index is 719. The van der Waals surface area contributed by atoms with Crippen molar-refractivity contribution < 1.29 is 4.79 Å². The molecule has 0 aliphatic heterocycles. The average molecular weight is 377 g/mol.